The fourth-order valence-corrected chi connectivity index (χ4v) is 3.63. The average Bonchev–Trinajstić information content (AvgIpc) is 2.26. The van der Waals surface area contributed by atoms with Gasteiger partial charge in [0.05, 0.1) is 4.90 Å². The molecule has 4 nitrogen and oxygen atoms in total. The number of hydrogen-bond donors (Lipinski definition) is 0. The third kappa shape index (κ3) is 4.04. The van der Waals surface area contributed by atoms with Crippen LogP contribution in [0.2, 0.25) is 0 Å². The minimum atomic E-state index is -3.76. The standard InChI is InChI=1S/C13H17BrO4S/c1-9(12(15)18-13(2,3)4)19(16,17)11-8-6-5-7-10(11)14/h5-9H,1-4H3. The number of carbonyl (C=O) groups is 1. The Kier molecular flexibility index (Phi) is 4.79. The first-order valence-corrected chi connectivity index (χ1v) is 8.11. The van der Waals surface area contributed by atoms with Gasteiger partial charge in [-0.3, -0.25) is 4.79 Å². The minimum Gasteiger partial charge on any atom is -0.459 e. The van der Waals surface area contributed by atoms with Crippen LogP contribution in [0.5, 0.6) is 0 Å². The van der Waals surface area contributed by atoms with E-state index in [0.29, 0.717) is 4.47 Å². The molecule has 1 atom stereocenters. The van der Waals surface area contributed by atoms with E-state index >= 15 is 0 Å². The summed E-state index contributed by atoms with van der Waals surface area (Å²) in [5, 5.41) is -1.24. The highest BCUT2D eigenvalue weighted by Gasteiger charge is 2.34. The molecule has 1 rings (SSSR count). The molecule has 0 aliphatic carbocycles. The lowest BCUT2D eigenvalue weighted by atomic mass is 10.2. The van der Waals surface area contributed by atoms with Crippen molar-refractivity contribution in [3.63, 3.8) is 0 Å². The number of esters is 1. The van der Waals surface area contributed by atoms with Gasteiger partial charge in [0, 0.05) is 4.47 Å². The van der Waals surface area contributed by atoms with Crippen molar-refractivity contribution in [1.29, 1.82) is 0 Å². The van der Waals surface area contributed by atoms with Gasteiger partial charge in [-0.15, -0.1) is 0 Å². The Hall–Kier alpha value is -0.880. The Bertz CT molecular complexity index is 573. The molecule has 0 heterocycles. The molecule has 0 aliphatic heterocycles. The highest BCUT2D eigenvalue weighted by atomic mass is 79.9. The highest BCUT2D eigenvalue weighted by molar-refractivity contribution is 9.10. The second-order valence-electron chi connectivity index (χ2n) is 5.15. The normalized spacial score (nSPS) is 13.9. The molecule has 1 aromatic rings. The van der Waals surface area contributed by atoms with Crippen LogP contribution in [0.15, 0.2) is 33.6 Å². The van der Waals surface area contributed by atoms with Crippen LogP contribution in [0.3, 0.4) is 0 Å². The number of hydrogen-bond acceptors (Lipinski definition) is 4. The summed E-state index contributed by atoms with van der Waals surface area (Å²) in [4.78, 5) is 12.0. The van der Waals surface area contributed by atoms with Crippen molar-refractivity contribution in [2.24, 2.45) is 0 Å². The van der Waals surface area contributed by atoms with E-state index in [1.807, 2.05) is 0 Å². The van der Waals surface area contributed by atoms with E-state index in [2.05, 4.69) is 15.9 Å². The Morgan fingerprint density at radius 2 is 1.79 bits per heavy atom. The zero-order valence-corrected chi connectivity index (χ0v) is 13.7. The predicted molar refractivity (Wildman–Crippen MR) is 76.6 cm³/mol. The van der Waals surface area contributed by atoms with Gasteiger partial charge in [-0.05, 0) is 55.8 Å². The summed E-state index contributed by atoms with van der Waals surface area (Å²) in [6.45, 7) is 6.43. The third-order valence-corrected chi connectivity index (χ3v) is 5.39. The smallest absolute Gasteiger partial charge is 0.324 e. The highest BCUT2D eigenvalue weighted by Crippen LogP contribution is 2.26. The monoisotopic (exact) mass is 348 g/mol. The molecule has 106 valence electrons. The molecule has 0 radical (unpaired) electrons. The first-order valence-electron chi connectivity index (χ1n) is 5.77. The van der Waals surface area contributed by atoms with Crippen molar-refractivity contribution in [2.45, 2.75) is 43.4 Å². The van der Waals surface area contributed by atoms with Crippen LogP contribution in [0, 0.1) is 0 Å². The summed E-state index contributed by atoms with van der Waals surface area (Å²) in [6, 6.07) is 6.40. The number of ether oxygens (including phenoxy) is 1. The molecule has 0 fully saturated rings. The largest absolute Gasteiger partial charge is 0.459 e. The zero-order valence-electron chi connectivity index (χ0n) is 11.3. The molecule has 6 heteroatoms. The number of halogens is 1. The number of benzene rings is 1. The summed E-state index contributed by atoms with van der Waals surface area (Å²) in [7, 11) is -3.76. The third-order valence-electron chi connectivity index (χ3n) is 2.35. The van der Waals surface area contributed by atoms with Gasteiger partial charge < -0.3 is 4.74 Å². The number of rotatable bonds is 3. The van der Waals surface area contributed by atoms with Crippen LogP contribution in [0.4, 0.5) is 0 Å². The molecule has 0 saturated carbocycles. The lowest BCUT2D eigenvalue weighted by Gasteiger charge is -2.22. The zero-order chi connectivity index (χ0) is 14.8. The van der Waals surface area contributed by atoms with Gasteiger partial charge in [0.15, 0.2) is 15.1 Å². The van der Waals surface area contributed by atoms with E-state index in [1.165, 1.54) is 13.0 Å². The van der Waals surface area contributed by atoms with Gasteiger partial charge in [0.2, 0.25) is 0 Å². The van der Waals surface area contributed by atoms with Crippen molar-refractivity contribution in [2.75, 3.05) is 0 Å². The molecule has 0 saturated heterocycles. The minimum absolute atomic E-state index is 0.0911. The number of carbonyl (C=O) groups excluding carboxylic acids is 1. The van der Waals surface area contributed by atoms with Crippen LogP contribution in [-0.4, -0.2) is 25.2 Å². The second kappa shape index (κ2) is 5.63. The fraction of sp³-hybridized carbons (Fsp3) is 0.462. The molecular formula is C13H17BrO4S. The Morgan fingerprint density at radius 1 is 1.26 bits per heavy atom. The molecule has 0 aromatic heterocycles. The second-order valence-corrected chi connectivity index (χ2v) is 8.24. The van der Waals surface area contributed by atoms with E-state index in [0.717, 1.165) is 0 Å². The maximum atomic E-state index is 12.3. The van der Waals surface area contributed by atoms with E-state index in [1.54, 1.807) is 39.0 Å². The quantitative estimate of drug-likeness (QED) is 0.788. The van der Waals surface area contributed by atoms with Crippen LogP contribution in [0.25, 0.3) is 0 Å². The van der Waals surface area contributed by atoms with Gasteiger partial charge in [-0.2, -0.15) is 0 Å². The summed E-state index contributed by atoms with van der Waals surface area (Å²) in [6.07, 6.45) is 0. The summed E-state index contributed by atoms with van der Waals surface area (Å²) >= 11 is 3.18. The maximum absolute atomic E-state index is 12.3. The van der Waals surface area contributed by atoms with Gasteiger partial charge in [0.1, 0.15) is 5.60 Å². The molecule has 0 spiro atoms. The molecule has 19 heavy (non-hydrogen) atoms. The first kappa shape index (κ1) is 16.2. The molecule has 0 amide bonds. The average molecular weight is 349 g/mol. The van der Waals surface area contributed by atoms with Crippen molar-refractivity contribution in [1.82, 2.24) is 0 Å². The molecule has 1 aromatic carbocycles. The van der Waals surface area contributed by atoms with Crippen molar-refractivity contribution >= 4 is 31.7 Å². The Balaban J connectivity index is 3.08. The Morgan fingerprint density at radius 3 is 2.26 bits per heavy atom. The van der Waals surface area contributed by atoms with Crippen molar-refractivity contribution < 1.29 is 17.9 Å². The fourth-order valence-electron chi connectivity index (χ4n) is 1.38. The van der Waals surface area contributed by atoms with Crippen LogP contribution in [-0.2, 0) is 19.4 Å². The lowest BCUT2D eigenvalue weighted by molar-refractivity contribution is -0.153. The van der Waals surface area contributed by atoms with Crippen LogP contribution in [0.1, 0.15) is 27.7 Å². The SMILES string of the molecule is CC(C(=O)OC(C)(C)C)S(=O)(=O)c1ccccc1Br. The topological polar surface area (TPSA) is 60.4 Å². The van der Waals surface area contributed by atoms with E-state index in [9.17, 15) is 13.2 Å². The van der Waals surface area contributed by atoms with Gasteiger partial charge >= 0.3 is 5.97 Å². The predicted octanol–water partition coefficient (Wildman–Crippen LogP) is 2.95. The van der Waals surface area contributed by atoms with Crippen molar-refractivity contribution in [3.05, 3.63) is 28.7 Å². The van der Waals surface area contributed by atoms with Crippen LogP contribution >= 0.6 is 15.9 Å². The Labute approximate surface area is 122 Å². The molecule has 1 unspecified atom stereocenters. The van der Waals surface area contributed by atoms with E-state index < -0.39 is 26.7 Å². The summed E-state index contributed by atoms with van der Waals surface area (Å²) in [5.41, 5.74) is -0.714. The van der Waals surface area contributed by atoms with E-state index in [4.69, 9.17) is 4.74 Å². The summed E-state index contributed by atoms with van der Waals surface area (Å²) < 4.78 is 30.2. The maximum Gasteiger partial charge on any atom is 0.324 e. The van der Waals surface area contributed by atoms with E-state index in [-0.39, 0.29) is 4.90 Å². The molecule has 0 bridgehead atoms. The first-order chi connectivity index (χ1) is 8.55. The molecule has 0 aliphatic rings. The van der Waals surface area contributed by atoms with Crippen molar-refractivity contribution in [3.8, 4) is 0 Å². The van der Waals surface area contributed by atoms with Gasteiger partial charge in [-0.25, -0.2) is 8.42 Å². The molecule has 0 N–H and O–H groups in total. The number of sulfone groups is 1. The van der Waals surface area contributed by atoms with Gasteiger partial charge in [-0.1, -0.05) is 12.1 Å². The lowest BCUT2D eigenvalue weighted by Crippen LogP contribution is -2.35. The molecular weight excluding hydrogens is 332 g/mol. The summed E-state index contributed by atoms with van der Waals surface area (Å²) in [5.74, 6) is -0.747. The van der Waals surface area contributed by atoms with Crippen LogP contribution < -0.4 is 0 Å². The van der Waals surface area contributed by atoms with Gasteiger partial charge in [0.25, 0.3) is 0 Å².